The van der Waals surface area contributed by atoms with Gasteiger partial charge >= 0.3 is 0 Å². The summed E-state index contributed by atoms with van der Waals surface area (Å²) in [4.78, 5) is 20.6. The molecule has 3 rings (SSSR count). The zero-order valence-electron chi connectivity index (χ0n) is 16.1. The summed E-state index contributed by atoms with van der Waals surface area (Å²) >= 11 is 0. The van der Waals surface area contributed by atoms with E-state index in [0.717, 1.165) is 31.9 Å². The van der Waals surface area contributed by atoms with Crippen molar-refractivity contribution in [2.75, 3.05) is 50.0 Å². The fourth-order valence-corrected chi connectivity index (χ4v) is 3.09. The van der Waals surface area contributed by atoms with Gasteiger partial charge in [-0.3, -0.25) is 9.79 Å². The SMILES string of the molecule is CN=C(NCC(=O)Nc1cccc(F)c1)N1CCN(c2ccc(F)cc2)CC1.I. The Kier molecular flexibility index (Phi) is 8.62. The predicted octanol–water partition coefficient (Wildman–Crippen LogP) is 2.92. The van der Waals surface area contributed by atoms with Crippen molar-refractivity contribution in [1.29, 1.82) is 0 Å². The van der Waals surface area contributed by atoms with Crippen LogP contribution in [0.2, 0.25) is 0 Å². The van der Waals surface area contributed by atoms with Crippen molar-refractivity contribution in [1.82, 2.24) is 10.2 Å². The van der Waals surface area contributed by atoms with E-state index in [1.54, 1.807) is 25.2 Å². The van der Waals surface area contributed by atoms with Crippen LogP contribution in [0.25, 0.3) is 0 Å². The Morgan fingerprint density at radius 2 is 1.72 bits per heavy atom. The molecular weight excluding hydrogens is 491 g/mol. The van der Waals surface area contributed by atoms with Gasteiger partial charge < -0.3 is 20.4 Å². The summed E-state index contributed by atoms with van der Waals surface area (Å²) in [6, 6.07) is 12.2. The molecule has 1 heterocycles. The Morgan fingerprint density at radius 3 is 2.34 bits per heavy atom. The maximum Gasteiger partial charge on any atom is 0.243 e. The molecule has 1 saturated heterocycles. The highest BCUT2D eigenvalue weighted by Gasteiger charge is 2.20. The van der Waals surface area contributed by atoms with Crippen molar-refractivity contribution in [2.24, 2.45) is 4.99 Å². The monoisotopic (exact) mass is 515 g/mol. The van der Waals surface area contributed by atoms with E-state index >= 15 is 0 Å². The second kappa shape index (κ2) is 10.9. The van der Waals surface area contributed by atoms with Crippen molar-refractivity contribution >= 4 is 47.2 Å². The molecule has 1 fully saturated rings. The molecule has 0 unspecified atom stereocenters. The third-order valence-corrected chi connectivity index (χ3v) is 4.50. The topological polar surface area (TPSA) is 60.0 Å². The molecule has 29 heavy (non-hydrogen) atoms. The highest BCUT2D eigenvalue weighted by atomic mass is 127. The highest BCUT2D eigenvalue weighted by molar-refractivity contribution is 14.0. The number of guanidine groups is 1. The lowest BCUT2D eigenvalue weighted by molar-refractivity contribution is -0.115. The summed E-state index contributed by atoms with van der Waals surface area (Å²) in [5.74, 6) is -0.297. The molecule has 156 valence electrons. The molecule has 0 radical (unpaired) electrons. The van der Waals surface area contributed by atoms with Crippen LogP contribution in [0, 0.1) is 11.6 Å². The van der Waals surface area contributed by atoms with Gasteiger partial charge in [0, 0.05) is 44.6 Å². The standard InChI is InChI=1S/C20H23F2N5O.HI/c1-23-20(24-14-19(28)25-17-4-2-3-16(22)13-17)27-11-9-26(10-12-27)18-7-5-15(21)6-8-18;/h2-8,13H,9-12,14H2,1H3,(H,23,24)(H,25,28);1H. The number of hydrogen-bond donors (Lipinski definition) is 2. The fraction of sp³-hybridized carbons (Fsp3) is 0.300. The van der Waals surface area contributed by atoms with Gasteiger partial charge in [-0.2, -0.15) is 0 Å². The molecule has 0 atom stereocenters. The van der Waals surface area contributed by atoms with E-state index < -0.39 is 5.82 Å². The first-order chi connectivity index (χ1) is 13.5. The van der Waals surface area contributed by atoms with Crippen LogP contribution < -0.4 is 15.5 Å². The van der Waals surface area contributed by atoms with Crippen molar-refractivity contribution < 1.29 is 13.6 Å². The smallest absolute Gasteiger partial charge is 0.243 e. The maximum absolute atomic E-state index is 13.2. The van der Waals surface area contributed by atoms with Crippen LogP contribution in [-0.4, -0.2) is 56.5 Å². The maximum atomic E-state index is 13.2. The molecule has 1 amide bonds. The average Bonchev–Trinajstić information content (AvgIpc) is 2.69. The number of amides is 1. The lowest BCUT2D eigenvalue weighted by Gasteiger charge is -2.37. The molecule has 0 aromatic heterocycles. The van der Waals surface area contributed by atoms with Gasteiger partial charge in [-0.1, -0.05) is 6.07 Å². The van der Waals surface area contributed by atoms with Gasteiger partial charge in [0.2, 0.25) is 5.91 Å². The number of benzene rings is 2. The molecular formula is C20H24F2IN5O. The number of nitrogens with zero attached hydrogens (tertiary/aromatic N) is 3. The molecule has 0 spiro atoms. The Hall–Kier alpha value is -2.43. The first-order valence-electron chi connectivity index (χ1n) is 9.06. The summed E-state index contributed by atoms with van der Waals surface area (Å²) in [5, 5.41) is 5.68. The second-order valence-electron chi connectivity index (χ2n) is 6.41. The Bertz CT molecular complexity index is 839. The summed E-state index contributed by atoms with van der Waals surface area (Å²) in [6.45, 7) is 3.01. The van der Waals surface area contributed by atoms with E-state index in [4.69, 9.17) is 0 Å². The van der Waals surface area contributed by atoms with Gasteiger partial charge in [-0.15, -0.1) is 24.0 Å². The minimum atomic E-state index is -0.402. The number of piperazine rings is 1. The summed E-state index contributed by atoms with van der Waals surface area (Å²) in [7, 11) is 1.67. The molecule has 2 aromatic rings. The molecule has 0 aliphatic carbocycles. The van der Waals surface area contributed by atoms with Crippen molar-refractivity contribution in [2.45, 2.75) is 0 Å². The van der Waals surface area contributed by atoms with Crippen LogP contribution in [0.4, 0.5) is 20.2 Å². The minimum absolute atomic E-state index is 0. The quantitative estimate of drug-likeness (QED) is 0.374. The molecule has 0 bridgehead atoms. The average molecular weight is 515 g/mol. The minimum Gasteiger partial charge on any atom is -0.368 e. The first kappa shape index (κ1) is 22.9. The van der Waals surface area contributed by atoms with Gasteiger partial charge in [0.05, 0.1) is 6.54 Å². The number of aliphatic imine (C=N–C) groups is 1. The summed E-state index contributed by atoms with van der Waals surface area (Å²) < 4.78 is 26.3. The lowest BCUT2D eigenvalue weighted by atomic mass is 10.2. The van der Waals surface area contributed by atoms with Crippen LogP contribution >= 0.6 is 24.0 Å². The van der Waals surface area contributed by atoms with Crippen LogP contribution in [0.15, 0.2) is 53.5 Å². The van der Waals surface area contributed by atoms with E-state index in [1.165, 1.54) is 30.3 Å². The number of hydrogen-bond acceptors (Lipinski definition) is 3. The van der Waals surface area contributed by atoms with E-state index in [9.17, 15) is 13.6 Å². The third-order valence-electron chi connectivity index (χ3n) is 4.50. The second-order valence-corrected chi connectivity index (χ2v) is 6.41. The molecule has 6 nitrogen and oxygen atoms in total. The van der Waals surface area contributed by atoms with Crippen molar-refractivity contribution in [3.8, 4) is 0 Å². The van der Waals surface area contributed by atoms with E-state index in [-0.39, 0.29) is 42.2 Å². The molecule has 1 aliphatic rings. The number of anilines is 2. The van der Waals surface area contributed by atoms with Gasteiger partial charge in [0.1, 0.15) is 11.6 Å². The normalized spacial score (nSPS) is 14.2. The van der Waals surface area contributed by atoms with Gasteiger partial charge in [-0.05, 0) is 42.5 Å². The van der Waals surface area contributed by atoms with Crippen LogP contribution in [0.5, 0.6) is 0 Å². The van der Waals surface area contributed by atoms with Crippen molar-refractivity contribution in [3.63, 3.8) is 0 Å². The van der Waals surface area contributed by atoms with Crippen LogP contribution in [-0.2, 0) is 4.79 Å². The van der Waals surface area contributed by atoms with Crippen LogP contribution in [0.3, 0.4) is 0 Å². The van der Waals surface area contributed by atoms with Crippen LogP contribution in [0.1, 0.15) is 0 Å². The first-order valence-corrected chi connectivity index (χ1v) is 9.06. The number of carbonyl (C=O) groups is 1. The Balaban J connectivity index is 0.00000300. The zero-order chi connectivity index (χ0) is 19.9. The molecule has 2 N–H and O–H groups in total. The number of carbonyl (C=O) groups excluding carboxylic acids is 1. The van der Waals surface area contributed by atoms with Gasteiger partial charge in [-0.25, -0.2) is 8.78 Å². The predicted molar refractivity (Wildman–Crippen MR) is 122 cm³/mol. The fourth-order valence-electron chi connectivity index (χ4n) is 3.09. The Labute approximate surface area is 186 Å². The molecule has 1 aliphatic heterocycles. The third kappa shape index (κ3) is 6.55. The summed E-state index contributed by atoms with van der Waals surface area (Å²) in [6.07, 6.45) is 0. The van der Waals surface area contributed by atoms with E-state index in [0.29, 0.717) is 11.6 Å². The Morgan fingerprint density at radius 1 is 1.03 bits per heavy atom. The van der Waals surface area contributed by atoms with Gasteiger partial charge in [0.15, 0.2) is 5.96 Å². The van der Waals surface area contributed by atoms with Gasteiger partial charge in [0.25, 0.3) is 0 Å². The molecule has 0 saturated carbocycles. The number of rotatable bonds is 4. The highest BCUT2D eigenvalue weighted by Crippen LogP contribution is 2.17. The number of nitrogens with one attached hydrogen (secondary N) is 2. The number of halogens is 3. The lowest BCUT2D eigenvalue weighted by Crippen LogP contribution is -2.53. The van der Waals surface area contributed by atoms with Crippen molar-refractivity contribution in [3.05, 3.63) is 60.2 Å². The molecule has 2 aromatic carbocycles. The van der Waals surface area contributed by atoms with E-state index in [1.807, 2.05) is 0 Å². The summed E-state index contributed by atoms with van der Waals surface area (Å²) in [5.41, 5.74) is 1.40. The zero-order valence-corrected chi connectivity index (χ0v) is 18.4. The largest absolute Gasteiger partial charge is 0.368 e. The molecule has 9 heteroatoms. The van der Waals surface area contributed by atoms with E-state index in [2.05, 4.69) is 25.4 Å².